The van der Waals surface area contributed by atoms with Crippen molar-refractivity contribution in [3.8, 4) is 17.3 Å². The molecule has 0 aliphatic heterocycles. The molecule has 3 aromatic rings. The third kappa shape index (κ3) is 3.92. The zero-order valence-corrected chi connectivity index (χ0v) is 15.3. The van der Waals surface area contributed by atoms with E-state index in [4.69, 9.17) is 23.2 Å². The van der Waals surface area contributed by atoms with Crippen LogP contribution in [0, 0.1) is 21.4 Å². The lowest BCUT2D eigenvalue weighted by molar-refractivity contribution is -0.384. The van der Waals surface area contributed by atoms with Gasteiger partial charge in [-0.15, -0.1) is 11.3 Å². The number of hydrogen-bond donors (Lipinski definition) is 0. The molecule has 0 saturated heterocycles. The first-order valence-electron chi connectivity index (χ1n) is 7.25. The SMILES string of the molecule is N#C/C(=C/c1ccc(Cl)cc1Cl)c1nc(-c2cccc([N+](=O)[O-])c2)cs1. The number of nitrogens with zero attached hydrogens (tertiary/aromatic N) is 3. The molecule has 8 heteroatoms. The summed E-state index contributed by atoms with van der Waals surface area (Å²) >= 11 is 13.3. The first-order chi connectivity index (χ1) is 12.5. The molecule has 0 unspecified atom stereocenters. The molecule has 0 radical (unpaired) electrons. The zero-order valence-electron chi connectivity index (χ0n) is 13.0. The van der Waals surface area contributed by atoms with E-state index in [-0.39, 0.29) is 5.69 Å². The van der Waals surface area contributed by atoms with Crippen LogP contribution in [0.1, 0.15) is 10.6 Å². The molecule has 3 rings (SSSR count). The topological polar surface area (TPSA) is 79.8 Å². The maximum Gasteiger partial charge on any atom is 0.270 e. The molecule has 0 aliphatic rings. The van der Waals surface area contributed by atoms with Crippen molar-refractivity contribution in [2.24, 2.45) is 0 Å². The van der Waals surface area contributed by atoms with Gasteiger partial charge >= 0.3 is 0 Å². The number of allylic oxidation sites excluding steroid dienone is 1. The second-order valence-electron chi connectivity index (χ2n) is 5.18. The van der Waals surface area contributed by atoms with E-state index in [1.54, 1.807) is 41.8 Å². The summed E-state index contributed by atoms with van der Waals surface area (Å²) in [6.45, 7) is 0. The van der Waals surface area contributed by atoms with Crippen molar-refractivity contribution in [3.63, 3.8) is 0 Å². The molecule has 0 bridgehead atoms. The number of hydrogen-bond acceptors (Lipinski definition) is 5. The minimum Gasteiger partial charge on any atom is -0.258 e. The number of rotatable bonds is 4. The predicted molar refractivity (Wildman–Crippen MR) is 104 cm³/mol. The van der Waals surface area contributed by atoms with E-state index < -0.39 is 4.92 Å². The normalized spacial score (nSPS) is 11.2. The van der Waals surface area contributed by atoms with Crippen molar-refractivity contribution >= 4 is 51.9 Å². The molecule has 2 aromatic carbocycles. The number of nitro benzene ring substituents is 1. The minimum absolute atomic E-state index is 0.0129. The lowest BCUT2D eigenvalue weighted by atomic mass is 10.1. The highest BCUT2D eigenvalue weighted by Crippen LogP contribution is 2.30. The number of nitro groups is 1. The third-order valence-corrected chi connectivity index (χ3v) is 4.91. The predicted octanol–water partition coefficient (Wildman–Crippen LogP) is 6.09. The summed E-state index contributed by atoms with van der Waals surface area (Å²) in [7, 11) is 0. The fourth-order valence-corrected chi connectivity index (χ4v) is 3.48. The van der Waals surface area contributed by atoms with Crippen molar-refractivity contribution in [3.05, 3.63) is 78.6 Å². The summed E-state index contributed by atoms with van der Waals surface area (Å²) in [6.07, 6.45) is 1.63. The Morgan fingerprint density at radius 1 is 1.27 bits per heavy atom. The highest BCUT2D eigenvalue weighted by atomic mass is 35.5. The van der Waals surface area contributed by atoms with Crippen LogP contribution in [0.5, 0.6) is 0 Å². The number of nitriles is 1. The van der Waals surface area contributed by atoms with Gasteiger partial charge in [0.2, 0.25) is 0 Å². The second-order valence-corrected chi connectivity index (χ2v) is 6.88. The van der Waals surface area contributed by atoms with Crippen LogP contribution < -0.4 is 0 Å². The molecule has 0 amide bonds. The van der Waals surface area contributed by atoms with E-state index in [1.807, 2.05) is 0 Å². The summed E-state index contributed by atoms with van der Waals surface area (Å²) in [6, 6.07) is 13.3. The van der Waals surface area contributed by atoms with E-state index in [0.29, 0.717) is 37.4 Å². The van der Waals surface area contributed by atoms with E-state index in [9.17, 15) is 15.4 Å². The summed E-state index contributed by atoms with van der Waals surface area (Å²) in [5.74, 6) is 0. The first kappa shape index (κ1) is 18.1. The fraction of sp³-hybridized carbons (Fsp3) is 0. The number of non-ortho nitro benzene ring substituents is 1. The number of thiazole rings is 1. The Morgan fingerprint density at radius 3 is 2.77 bits per heavy atom. The molecule has 128 valence electrons. The van der Waals surface area contributed by atoms with Gasteiger partial charge in [-0.25, -0.2) is 4.98 Å². The molecule has 5 nitrogen and oxygen atoms in total. The van der Waals surface area contributed by atoms with Crippen LogP contribution in [0.3, 0.4) is 0 Å². The number of halogens is 2. The van der Waals surface area contributed by atoms with Gasteiger partial charge in [-0.05, 0) is 23.8 Å². The van der Waals surface area contributed by atoms with Crippen molar-refractivity contribution < 1.29 is 4.92 Å². The molecule has 0 aliphatic carbocycles. The summed E-state index contributed by atoms with van der Waals surface area (Å²) in [4.78, 5) is 14.9. The van der Waals surface area contributed by atoms with Crippen molar-refractivity contribution in [2.45, 2.75) is 0 Å². The Kier molecular flexibility index (Phi) is 5.33. The molecule has 0 N–H and O–H groups in total. The first-order valence-corrected chi connectivity index (χ1v) is 8.89. The van der Waals surface area contributed by atoms with Gasteiger partial charge in [-0.3, -0.25) is 10.1 Å². The summed E-state index contributed by atoms with van der Waals surface area (Å²) < 4.78 is 0. The van der Waals surface area contributed by atoms with Crippen LogP contribution in [0.15, 0.2) is 47.8 Å². The average Bonchev–Trinajstić information content (AvgIpc) is 3.11. The molecule has 1 aromatic heterocycles. The standard InChI is InChI=1S/C18H9Cl2N3O2S/c19-14-5-4-11(16(20)8-14)6-13(9-21)18-22-17(10-26-18)12-2-1-3-15(7-12)23(24)25/h1-8,10H/b13-6-. The maximum absolute atomic E-state index is 10.9. The Hall–Kier alpha value is -2.72. The Labute approximate surface area is 162 Å². The van der Waals surface area contributed by atoms with Gasteiger partial charge in [-0.1, -0.05) is 41.4 Å². The van der Waals surface area contributed by atoms with Crippen LogP contribution in [0.4, 0.5) is 5.69 Å². The lowest BCUT2D eigenvalue weighted by Crippen LogP contribution is -1.88. The van der Waals surface area contributed by atoms with Gasteiger partial charge in [0.25, 0.3) is 5.69 Å². The summed E-state index contributed by atoms with van der Waals surface area (Å²) in [5.41, 5.74) is 2.16. The second kappa shape index (κ2) is 7.67. The molecule has 0 saturated carbocycles. The van der Waals surface area contributed by atoms with Crippen LogP contribution in [0.2, 0.25) is 10.0 Å². The highest BCUT2D eigenvalue weighted by Gasteiger charge is 2.12. The van der Waals surface area contributed by atoms with Crippen LogP contribution in [-0.2, 0) is 0 Å². The van der Waals surface area contributed by atoms with Crippen molar-refractivity contribution in [2.75, 3.05) is 0 Å². The largest absolute Gasteiger partial charge is 0.270 e. The molecule has 26 heavy (non-hydrogen) atoms. The van der Waals surface area contributed by atoms with E-state index in [1.165, 1.54) is 23.5 Å². The maximum atomic E-state index is 10.9. The Morgan fingerprint density at radius 2 is 2.08 bits per heavy atom. The summed E-state index contributed by atoms with van der Waals surface area (Å²) in [5, 5.41) is 23.6. The van der Waals surface area contributed by atoms with Gasteiger partial charge in [0.05, 0.1) is 16.2 Å². The van der Waals surface area contributed by atoms with Crippen LogP contribution >= 0.6 is 34.5 Å². The van der Waals surface area contributed by atoms with Crippen molar-refractivity contribution in [1.82, 2.24) is 4.98 Å². The van der Waals surface area contributed by atoms with Gasteiger partial charge < -0.3 is 0 Å². The van der Waals surface area contributed by atoms with Crippen LogP contribution in [-0.4, -0.2) is 9.91 Å². The van der Waals surface area contributed by atoms with Gasteiger partial charge in [0.15, 0.2) is 0 Å². The zero-order chi connectivity index (χ0) is 18.7. The van der Waals surface area contributed by atoms with E-state index in [0.717, 1.165) is 0 Å². The monoisotopic (exact) mass is 401 g/mol. The molecule has 0 fully saturated rings. The average molecular weight is 402 g/mol. The lowest BCUT2D eigenvalue weighted by Gasteiger charge is -2.00. The molecular weight excluding hydrogens is 393 g/mol. The Balaban J connectivity index is 1.97. The minimum atomic E-state index is -0.458. The van der Waals surface area contributed by atoms with Gasteiger partial charge in [0, 0.05) is 33.1 Å². The third-order valence-electron chi connectivity index (χ3n) is 3.47. The van der Waals surface area contributed by atoms with E-state index in [2.05, 4.69) is 11.1 Å². The van der Waals surface area contributed by atoms with Crippen LogP contribution in [0.25, 0.3) is 22.9 Å². The molecular formula is C18H9Cl2N3O2S. The van der Waals surface area contributed by atoms with Crippen molar-refractivity contribution in [1.29, 1.82) is 5.26 Å². The van der Waals surface area contributed by atoms with Gasteiger partial charge in [0.1, 0.15) is 11.1 Å². The number of aromatic nitrogens is 1. The smallest absolute Gasteiger partial charge is 0.258 e. The highest BCUT2D eigenvalue weighted by molar-refractivity contribution is 7.11. The Bertz CT molecular complexity index is 1070. The molecule has 0 spiro atoms. The molecule has 1 heterocycles. The fourth-order valence-electron chi connectivity index (χ4n) is 2.22. The molecule has 0 atom stereocenters. The number of benzene rings is 2. The van der Waals surface area contributed by atoms with Gasteiger partial charge in [-0.2, -0.15) is 5.26 Å². The van der Waals surface area contributed by atoms with E-state index >= 15 is 0 Å². The quantitative estimate of drug-likeness (QED) is 0.301.